The normalized spacial score (nSPS) is 9.85. The molecule has 0 fully saturated rings. The lowest BCUT2D eigenvalue weighted by molar-refractivity contribution is 0.948. The van der Waals surface area contributed by atoms with Crippen LogP contribution < -0.4 is 10.2 Å². The lowest BCUT2D eigenvalue weighted by atomic mass is 10.2. The molecule has 5 nitrogen and oxygen atoms in total. The first kappa shape index (κ1) is 13.8. The fourth-order valence-electron chi connectivity index (χ4n) is 1.75. The second-order valence-corrected chi connectivity index (χ2v) is 4.38. The average molecular weight is 267 g/mol. The van der Waals surface area contributed by atoms with E-state index in [1.807, 2.05) is 30.1 Å². The molecule has 0 unspecified atom stereocenters. The summed E-state index contributed by atoms with van der Waals surface area (Å²) in [4.78, 5) is 10.6. The van der Waals surface area contributed by atoms with Gasteiger partial charge in [-0.25, -0.2) is 4.98 Å². The van der Waals surface area contributed by atoms with Gasteiger partial charge in [0.05, 0.1) is 11.6 Å². The summed E-state index contributed by atoms with van der Waals surface area (Å²) in [5.41, 5.74) is 1.62. The van der Waals surface area contributed by atoms with Crippen LogP contribution in [0.3, 0.4) is 0 Å². The predicted molar refractivity (Wildman–Crippen MR) is 80.0 cm³/mol. The minimum Gasteiger partial charge on any atom is -0.354 e. The Kier molecular flexibility index (Phi) is 4.51. The Labute approximate surface area is 118 Å². The van der Waals surface area contributed by atoms with Gasteiger partial charge in [-0.3, -0.25) is 0 Å². The number of nitriles is 1. The van der Waals surface area contributed by atoms with Gasteiger partial charge in [0.1, 0.15) is 5.82 Å². The molecule has 0 bridgehead atoms. The van der Waals surface area contributed by atoms with Crippen LogP contribution in [0.5, 0.6) is 0 Å². The Morgan fingerprint density at radius 2 is 2.00 bits per heavy atom. The first-order valence-electron chi connectivity index (χ1n) is 6.55. The lowest BCUT2D eigenvalue weighted by Crippen LogP contribution is -2.13. The van der Waals surface area contributed by atoms with E-state index in [0.717, 1.165) is 24.5 Å². The second-order valence-electron chi connectivity index (χ2n) is 4.38. The SMILES string of the molecule is CCCNc1nccc(N(C)c2ccc(C#N)cc2)n1. The summed E-state index contributed by atoms with van der Waals surface area (Å²) in [6.07, 6.45) is 2.76. The Morgan fingerprint density at radius 1 is 1.25 bits per heavy atom. The van der Waals surface area contributed by atoms with Crippen molar-refractivity contribution in [2.75, 3.05) is 23.8 Å². The monoisotopic (exact) mass is 267 g/mol. The Morgan fingerprint density at radius 3 is 2.65 bits per heavy atom. The first-order chi connectivity index (χ1) is 9.74. The zero-order chi connectivity index (χ0) is 14.4. The van der Waals surface area contributed by atoms with Crippen LogP contribution in [0.2, 0.25) is 0 Å². The third kappa shape index (κ3) is 3.23. The molecule has 1 heterocycles. The van der Waals surface area contributed by atoms with E-state index in [1.54, 1.807) is 18.3 Å². The number of nitrogens with zero attached hydrogens (tertiary/aromatic N) is 4. The molecule has 0 saturated carbocycles. The summed E-state index contributed by atoms with van der Waals surface area (Å²) in [6, 6.07) is 11.4. The van der Waals surface area contributed by atoms with Gasteiger partial charge in [0.15, 0.2) is 0 Å². The maximum Gasteiger partial charge on any atom is 0.224 e. The maximum absolute atomic E-state index is 8.81. The number of hydrogen-bond acceptors (Lipinski definition) is 5. The minimum absolute atomic E-state index is 0.629. The largest absolute Gasteiger partial charge is 0.354 e. The molecule has 0 aliphatic rings. The van der Waals surface area contributed by atoms with Gasteiger partial charge in [-0.15, -0.1) is 0 Å². The van der Waals surface area contributed by atoms with Crippen molar-refractivity contribution in [3.8, 4) is 6.07 Å². The van der Waals surface area contributed by atoms with E-state index in [2.05, 4.69) is 28.3 Å². The second kappa shape index (κ2) is 6.53. The molecule has 0 aliphatic carbocycles. The highest BCUT2D eigenvalue weighted by molar-refractivity contribution is 5.60. The molecule has 2 aromatic rings. The summed E-state index contributed by atoms with van der Waals surface area (Å²) in [7, 11) is 1.94. The van der Waals surface area contributed by atoms with E-state index in [1.165, 1.54) is 0 Å². The van der Waals surface area contributed by atoms with Crippen molar-refractivity contribution in [1.29, 1.82) is 5.26 Å². The van der Waals surface area contributed by atoms with E-state index < -0.39 is 0 Å². The van der Waals surface area contributed by atoms with Crippen LogP contribution in [0, 0.1) is 11.3 Å². The highest BCUT2D eigenvalue weighted by Crippen LogP contribution is 2.22. The van der Waals surface area contributed by atoms with E-state index in [0.29, 0.717) is 11.5 Å². The summed E-state index contributed by atoms with van der Waals surface area (Å²) in [6.45, 7) is 2.95. The molecule has 0 aliphatic heterocycles. The topological polar surface area (TPSA) is 64.8 Å². The van der Waals surface area contributed by atoms with Gasteiger partial charge < -0.3 is 10.2 Å². The van der Waals surface area contributed by atoms with Crippen molar-refractivity contribution in [3.63, 3.8) is 0 Å². The predicted octanol–water partition coefficient (Wildman–Crippen LogP) is 2.94. The molecule has 0 radical (unpaired) electrons. The van der Waals surface area contributed by atoms with Crippen LogP contribution in [0.1, 0.15) is 18.9 Å². The minimum atomic E-state index is 0.629. The molecule has 0 amide bonds. The van der Waals surface area contributed by atoms with Gasteiger partial charge in [0, 0.05) is 25.5 Å². The maximum atomic E-state index is 8.81. The fraction of sp³-hybridized carbons (Fsp3) is 0.267. The third-order valence-electron chi connectivity index (χ3n) is 2.90. The molecule has 1 aromatic carbocycles. The van der Waals surface area contributed by atoms with Crippen molar-refractivity contribution in [2.45, 2.75) is 13.3 Å². The molecule has 102 valence electrons. The first-order valence-corrected chi connectivity index (χ1v) is 6.55. The van der Waals surface area contributed by atoms with Crippen LogP contribution in [-0.4, -0.2) is 23.6 Å². The quantitative estimate of drug-likeness (QED) is 0.902. The fourth-order valence-corrected chi connectivity index (χ4v) is 1.75. The van der Waals surface area contributed by atoms with Crippen LogP contribution >= 0.6 is 0 Å². The van der Waals surface area contributed by atoms with Gasteiger partial charge in [-0.05, 0) is 36.8 Å². The average Bonchev–Trinajstić information content (AvgIpc) is 2.52. The smallest absolute Gasteiger partial charge is 0.224 e. The van der Waals surface area contributed by atoms with E-state index in [4.69, 9.17) is 5.26 Å². The van der Waals surface area contributed by atoms with Gasteiger partial charge in [-0.1, -0.05) is 6.92 Å². The van der Waals surface area contributed by atoms with Crippen LogP contribution in [0.25, 0.3) is 0 Å². The third-order valence-corrected chi connectivity index (χ3v) is 2.90. The molecule has 20 heavy (non-hydrogen) atoms. The molecule has 0 atom stereocenters. The Bertz CT molecular complexity index is 600. The summed E-state index contributed by atoms with van der Waals surface area (Å²) in [5.74, 6) is 1.44. The highest BCUT2D eigenvalue weighted by Gasteiger charge is 2.06. The van der Waals surface area contributed by atoms with Crippen molar-refractivity contribution in [1.82, 2.24) is 9.97 Å². The molecule has 0 spiro atoms. The Hall–Kier alpha value is -2.61. The molecule has 1 aromatic heterocycles. The van der Waals surface area contributed by atoms with E-state index in [-0.39, 0.29) is 0 Å². The van der Waals surface area contributed by atoms with E-state index in [9.17, 15) is 0 Å². The van der Waals surface area contributed by atoms with Gasteiger partial charge in [0.2, 0.25) is 5.95 Å². The van der Waals surface area contributed by atoms with Gasteiger partial charge in [-0.2, -0.15) is 10.2 Å². The van der Waals surface area contributed by atoms with Crippen molar-refractivity contribution < 1.29 is 0 Å². The van der Waals surface area contributed by atoms with E-state index >= 15 is 0 Å². The molecular formula is C15H17N5. The zero-order valence-corrected chi connectivity index (χ0v) is 11.7. The lowest BCUT2D eigenvalue weighted by Gasteiger charge is -2.18. The molecule has 0 saturated heterocycles. The molecular weight excluding hydrogens is 250 g/mol. The van der Waals surface area contributed by atoms with Gasteiger partial charge in [0.25, 0.3) is 0 Å². The number of rotatable bonds is 5. The van der Waals surface area contributed by atoms with Crippen molar-refractivity contribution in [2.24, 2.45) is 0 Å². The zero-order valence-electron chi connectivity index (χ0n) is 11.7. The highest BCUT2D eigenvalue weighted by atomic mass is 15.2. The van der Waals surface area contributed by atoms with Crippen molar-refractivity contribution in [3.05, 3.63) is 42.1 Å². The van der Waals surface area contributed by atoms with Crippen LogP contribution in [-0.2, 0) is 0 Å². The van der Waals surface area contributed by atoms with Gasteiger partial charge >= 0.3 is 0 Å². The number of anilines is 3. The molecule has 5 heteroatoms. The molecule has 1 N–H and O–H groups in total. The number of benzene rings is 1. The van der Waals surface area contributed by atoms with Crippen molar-refractivity contribution >= 4 is 17.5 Å². The number of nitrogens with one attached hydrogen (secondary N) is 1. The summed E-state index contributed by atoms with van der Waals surface area (Å²) in [5, 5.41) is 12.0. The standard InChI is InChI=1S/C15H17N5/c1-3-9-17-15-18-10-8-14(19-15)20(2)13-6-4-12(11-16)5-7-13/h4-8,10H,3,9H2,1-2H3,(H,17,18,19). The Balaban J connectivity index is 2.19. The number of aromatic nitrogens is 2. The molecule has 2 rings (SSSR count). The van der Waals surface area contributed by atoms with Crippen LogP contribution in [0.4, 0.5) is 17.5 Å². The van der Waals surface area contributed by atoms with Crippen LogP contribution in [0.15, 0.2) is 36.5 Å². The summed E-state index contributed by atoms with van der Waals surface area (Å²) < 4.78 is 0. The summed E-state index contributed by atoms with van der Waals surface area (Å²) >= 11 is 0. The number of hydrogen-bond donors (Lipinski definition) is 1.